The first-order valence-electron chi connectivity index (χ1n) is 5.49. The largest absolute Gasteiger partial charge is 0.387 e. The maximum Gasteiger partial charge on any atom is 0.0917 e. The fraction of sp³-hybridized carbons (Fsp3) is 0.500. The molecule has 1 aliphatic rings. The third-order valence-corrected chi connectivity index (χ3v) is 3.26. The fourth-order valence-corrected chi connectivity index (χ4v) is 2.26. The fourth-order valence-electron chi connectivity index (χ4n) is 1.85. The molecule has 4 heteroatoms. The maximum atomic E-state index is 10.1. The summed E-state index contributed by atoms with van der Waals surface area (Å²) < 4.78 is 6.28. The predicted octanol–water partition coefficient (Wildman–Crippen LogP) is 1.81. The Labute approximate surface area is 104 Å². The van der Waals surface area contributed by atoms with Crippen LogP contribution < -0.4 is 0 Å². The Morgan fingerprint density at radius 3 is 2.81 bits per heavy atom. The lowest BCUT2D eigenvalue weighted by Gasteiger charge is -2.28. The number of aliphatic hydroxyl groups is 1. The van der Waals surface area contributed by atoms with Crippen LogP contribution in [0.15, 0.2) is 28.7 Å². The van der Waals surface area contributed by atoms with E-state index < -0.39 is 6.10 Å². The van der Waals surface area contributed by atoms with E-state index in [0.717, 1.165) is 36.3 Å². The highest BCUT2D eigenvalue weighted by molar-refractivity contribution is 9.10. The zero-order valence-corrected chi connectivity index (χ0v) is 10.7. The van der Waals surface area contributed by atoms with Gasteiger partial charge in [-0.15, -0.1) is 0 Å². The van der Waals surface area contributed by atoms with E-state index in [2.05, 4.69) is 20.8 Å². The molecule has 0 aliphatic carbocycles. The molecule has 3 nitrogen and oxygen atoms in total. The third kappa shape index (κ3) is 3.28. The molecule has 1 atom stereocenters. The van der Waals surface area contributed by atoms with Gasteiger partial charge >= 0.3 is 0 Å². The first-order valence-corrected chi connectivity index (χ1v) is 6.28. The zero-order valence-electron chi connectivity index (χ0n) is 9.10. The normalized spacial score (nSPS) is 19.6. The molecule has 0 spiro atoms. The number of halogens is 1. The van der Waals surface area contributed by atoms with Gasteiger partial charge in [0.25, 0.3) is 0 Å². The van der Waals surface area contributed by atoms with Crippen molar-refractivity contribution in [3.8, 4) is 0 Å². The van der Waals surface area contributed by atoms with Crippen molar-refractivity contribution in [2.24, 2.45) is 0 Å². The Bertz CT molecular complexity index is 340. The lowest BCUT2D eigenvalue weighted by atomic mass is 10.1. The van der Waals surface area contributed by atoms with E-state index >= 15 is 0 Å². The van der Waals surface area contributed by atoms with Crippen molar-refractivity contribution in [3.05, 3.63) is 34.3 Å². The van der Waals surface area contributed by atoms with Gasteiger partial charge in [0, 0.05) is 24.1 Å². The van der Waals surface area contributed by atoms with E-state index in [4.69, 9.17) is 4.74 Å². The lowest BCUT2D eigenvalue weighted by Crippen LogP contribution is -2.38. The average Bonchev–Trinajstić information content (AvgIpc) is 2.30. The van der Waals surface area contributed by atoms with Crippen LogP contribution in [0, 0.1) is 0 Å². The molecular weight excluding hydrogens is 270 g/mol. The number of hydrogen-bond donors (Lipinski definition) is 1. The molecule has 1 aromatic rings. The van der Waals surface area contributed by atoms with Crippen LogP contribution in [-0.2, 0) is 4.74 Å². The van der Waals surface area contributed by atoms with Crippen molar-refractivity contribution in [1.29, 1.82) is 0 Å². The Balaban J connectivity index is 1.94. The molecular formula is C12H16BrNO2. The molecule has 88 valence electrons. The van der Waals surface area contributed by atoms with E-state index in [1.807, 2.05) is 24.3 Å². The maximum absolute atomic E-state index is 10.1. The van der Waals surface area contributed by atoms with Crippen molar-refractivity contribution in [2.45, 2.75) is 6.10 Å². The number of nitrogens with zero attached hydrogens (tertiary/aromatic N) is 1. The van der Waals surface area contributed by atoms with Crippen LogP contribution in [0.3, 0.4) is 0 Å². The molecule has 0 amide bonds. The van der Waals surface area contributed by atoms with Gasteiger partial charge in [-0.3, -0.25) is 4.90 Å². The SMILES string of the molecule is O[C@@H](CN1CCOCC1)c1cccc(Br)c1. The molecule has 0 radical (unpaired) electrons. The molecule has 0 bridgehead atoms. The molecule has 1 saturated heterocycles. The number of rotatable bonds is 3. The third-order valence-electron chi connectivity index (χ3n) is 2.77. The molecule has 1 heterocycles. The number of benzene rings is 1. The van der Waals surface area contributed by atoms with Gasteiger partial charge in [-0.25, -0.2) is 0 Å². The van der Waals surface area contributed by atoms with Crippen molar-refractivity contribution in [1.82, 2.24) is 4.90 Å². The molecule has 16 heavy (non-hydrogen) atoms. The minimum absolute atomic E-state index is 0.421. The van der Waals surface area contributed by atoms with Gasteiger partial charge in [-0.1, -0.05) is 28.1 Å². The molecule has 0 aromatic heterocycles. The van der Waals surface area contributed by atoms with E-state index in [1.54, 1.807) is 0 Å². The zero-order chi connectivity index (χ0) is 11.4. The molecule has 2 rings (SSSR count). The summed E-state index contributed by atoms with van der Waals surface area (Å²) in [6.07, 6.45) is -0.421. The van der Waals surface area contributed by atoms with Crippen molar-refractivity contribution in [2.75, 3.05) is 32.8 Å². The summed E-state index contributed by atoms with van der Waals surface area (Å²) in [5.74, 6) is 0. The van der Waals surface area contributed by atoms with Gasteiger partial charge in [0.1, 0.15) is 0 Å². The molecule has 0 unspecified atom stereocenters. The van der Waals surface area contributed by atoms with E-state index in [1.165, 1.54) is 0 Å². The van der Waals surface area contributed by atoms with Crippen LogP contribution in [0.5, 0.6) is 0 Å². The van der Waals surface area contributed by atoms with E-state index in [-0.39, 0.29) is 0 Å². The van der Waals surface area contributed by atoms with Gasteiger partial charge < -0.3 is 9.84 Å². The van der Waals surface area contributed by atoms with Gasteiger partial charge in [0.15, 0.2) is 0 Å². The van der Waals surface area contributed by atoms with Crippen molar-refractivity contribution < 1.29 is 9.84 Å². The van der Waals surface area contributed by atoms with E-state index in [9.17, 15) is 5.11 Å². The smallest absolute Gasteiger partial charge is 0.0917 e. The Hall–Kier alpha value is -0.420. The second-order valence-corrected chi connectivity index (χ2v) is 4.90. The minimum Gasteiger partial charge on any atom is -0.387 e. The summed E-state index contributed by atoms with van der Waals surface area (Å²) in [5.41, 5.74) is 0.959. The average molecular weight is 286 g/mol. The summed E-state index contributed by atoms with van der Waals surface area (Å²) in [5, 5.41) is 10.1. The first kappa shape index (κ1) is 12.0. The highest BCUT2D eigenvalue weighted by Crippen LogP contribution is 2.19. The quantitative estimate of drug-likeness (QED) is 0.920. The number of β-amino-alcohol motifs (C(OH)–C–C–N with tert-alkyl or cyclic N) is 1. The van der Waals surface area contributed by atoms with Crippen LogP contribution >= 0.6 is 15.9 Å². The van der Waals surface area contributed by atoms with Crippen LogP contribution in [0.25, 0.3) is 0 Å². The predicted molar refractivity (Wildman–Crippen MR) is 66.4 cm³/mol. The summed E-state index contributed by atoms with van der Waals surface area (Å²) in [7, 11) is 0. The summed E-state index contributed by atoms with van der Waals surface area (Å²) in [6, 6.07) is 7.83. The van der Waals surface area contributed by atoms with E-state index in [0.29, 0.717) is 6.54 Å². The molecule has 1 aliphatic heterocycles. The molecule has 1 N–H and O–H groups in total. The Morgan fingerprint density at radius 2 is 2.12 bits per heavy atom. The van der Waals surface area contributed by atoms with Gasteiger partial charge in [-0.2, -0.15) is 0 Å². The van der Waals surface area contributed by atoms with Gasteiger partial charge in [0.2, 0.25) is 0 Å². The summed E-state index contributed by atoms with van der Waals surface area (Å²) in [4.78, 5) is 2.23. The van der Waals surface area contributed by atoms with Crippen molar-refractivity contribution >= 4 is 15.9 Å². The lowest BCUT2D eigenvalue weighted by molar-refractivity contribution is 0.0143. The molecule has 1 fully saturated rings. The second-order valence-electron chi connectivity index (χ2n) is 3.98. The highest BCUT2D eigenvalue weighted by atomic mass is 79.9. The van der Waals surface area contributed by atoms with Crippen LogP contribution in [0.2, 0.25) is 0 Å². The molecule has 0 saturated carbocycles. The highest BCUT2D eigenvalue weighted by Gasteiger charge is 2.16. The van der Waals surface area contributed by atoms with Crippen LogP contribution in [-0.4, -0.2) is 42.9 Å². The number of aliphatic hydroxyl groups excluding tert-OH is 1. The Morgan fingerprint density at radius 1 is 1.38 bits per heavy atom. The Kier molecular flexibility index (Phi) is 4.35. The van der Waals surface area contributed by atoms with Crippen molar-refractivity contribution in [3.63, 3.8) is 0 Å². The number of hydrogen-bond acceptors (Lipinski definition) is 3. The number of ether oxygens (including phenoxy) is 1. The topological polar surface area (TPSA) is 32.7 Å². The van der Waals surface area contributed by atoms with Crippen LogP contribution in [0.1, 0.15) is 11.7 Å². The standard InChI is InChI=1S/C12H16BrNO2/c13-11-3-1-2-10(8-11)12(15)9-14-4-6-16-7-5-14/h1-3,8,12,15H,4-7,9H2/t12-/m0/s1. The summed E-state index contributed by atoms with van der Waals surface area (Å²) >= 11 is 3.41. The minimum atomic E-state index is -0.421. The first-order chi connectivity index (χ1) is 7.75. The van der Waals surface area contributed by atoms with Crippen LogP contribution in [0.4, 0.5) is 0 Å². The molecule has 1 aromatic carbocycles. The summed E-state index contributed by atoms with van der Waals surface area (Å²) in [6.45, 7) is 4.03. The van der Waals surface area contributed by atoms with Gasteiger partial charge in [0.05, 0.1) is 19.3 Å². The van der Waals surface area contributed by atoms with Gasteiger partial charge in [-0.05, 0) is 17.7 Å². The monoisotopic (exact) mass is 285 g/mol. The second kappa shape index (κ2) is 5.77. The number of morpholine rings is 1.